The van der Waals surface area contributed by atoms with Crippen LogP contribution in [-0.2, 0) is 4.79 Å². The van der Waals surface area contributed by atoms with Crippen molar-refractivity contribution in [2.75, 3.05) is 27.2 Å². The SMILES string of the molecule is Cc1cccc([C@@H](C(=O)NCCNC(=O)c2ccc(F)cc2)N(C)C)c1. The summed E-state index contributed by atoms with van der Waals surface area (Å²) in [5.41, 5.74) is 2.39. The Morgan fingerprint density at radius 2 is 1.69 bits per heavy atom. The first-order chi connectivity index (χ1) is 12.4. The van der Waals surface area contributed by atoms with Crippen LogP contribution >= 0.6 is 0 Å². The van der Waals surface area contributed by atoms with Crippen molar-refractivity contribution in [2.24, 2.45) is 0 Å². The molecule has 6 heteroatoms. The van der Waals surface area contributed by atoms with Crippen LogP contribution in [0.15, 0.2) is 48.5 Å². The van der Waals surface area contributed by atoms with E-state index in [1.54, 1.807) is 0 Å². The molecule has 2 amide bonds. The molecule has 0 aliphatic rings. The monoisotopic (exact) mass is 357 g/mol. The number of carbonyl (C=O) groups is 2. The second-order valence-electron chi connectivity index (χ2n) is 6.33. The molecule has 0 bridgehead atoms. The van der Waals surface area contributed by atoms with Crippen molar-refractivity contribution in [1.29, 1.82) is 0 Å². The number of carbonyl (C=O) groups excluding carboxylic acids is 2. The third kappa shape index (κ3) is 5.39. The van der Waals surface area contributed by atoms with Gasteiger partial charge in [-0.2, -0.15) is 0 Å². The molecule has 0 aliphatic heterocycles. The molecule has 2 aromatic rings. The molecule has 0 fully saturated rings. The fourth-order valence-corrected chi connectivity index (χ4v) is 2.69. The summed E-state index contributed by atoms with van der Waals surface area (Å²) >= 11 is 0. The minimum absolute atomic E-state index is 0.128. The summed E-state index contributed by atoms with van der Waals surface area (Å²) in [6.45, 7) is 2.58. The fraction of sp³-hybridized carbons (Fsp3) is 0.300. The van der Waals surface area contributed by atoms with Crippen LogP contribution in [0.25, 0.3) is 0 Å². The van der Waals surface area contributed by atoms with Crippen molar-refractivity contribution in [3.05, 3.63) is 71.0 Å². The van der Waals surface area contributed by atoms with Crippen molar-refractivity contribution in [3.63, 3.8) is 0 Å². The molecule has 0 aliphatic carbocycles. The number of rotatable bonds is 7. The van der Waals surface area contributed by atoms with Gasteiger partial charge in [0.25, 0.3) is 5.91 Å². The smallest absolute Gasteiger partial charge is 0.251 e. The van der Waals surface area contributed by atoms with Gasteiger partial charge < -0.3 is 10.6 Å². The molecule has 2 rings (SSSR count). The van der Waals surface area contributed by atoms with Crippen LogP contribution < -0.4 is 10.6 Å². The van der Waals surface area contributed by atoms with E-state index in [-0.39, 0.29) is 24.2 Å². The first kappa shape index (κ1) is 19.6. The molecule has 0 radical (unpaired) electrons. The number of aryl methyl sites for hydroxylation is 1. The molecule has 0 unspecified atom stereocenters. The highest BCUT2D eigenvalue weighted by Crippen LogP contribution is 2.19. The maximum absolute atomic E-state index is 12.9. The minimum Gasteiger partial charge on any atom is -0.353 e. The molecule has 1 atom stereocenters. The van der Waals surface area contributed by atoms with E-state index < -0.39 is 6.04 Å². The number of halogens is 1. The Labute approximate surface area is 153 Å². The number of hydrogen-bond donors (Lipinski definition) is 2. The van der Waals surface area contributed by atoms with Crippen molar-refractivity contribution in [3.8, 4) is 0 Å². The zero-order valence-corrected chi connectivity index (χ0v) is 15.3. The van der Waals surface area contributed by atoms with Crippen molar-refractivity contribution in [1.82, 2.24) is 15.5 Å². The Hall–Kier alpha value is -2.73. The summed E-state index contributed by atoms with van der Waals surface area (Å²) in [4.78, 5) is 26.3. The lowest BCUT2D eigenvalue weighted by atomic mass is 10.0. The van der Waals surface area contributed by atoms with Gasteiger partial charge in [0.15, 0.2) is 0 Å². The van der Waals surface area contributed by atoms with E-state index in [0.29, 0.717) is 12.1 Å². The van der Waals surface area contributed by atoms with Gasteiger partial charge in [0, 0.05) is 18.7 Å². The lowest BCUT2D eigenvalue weighted by Crippen LogP contribution is -2.40. The second kappa shape index (κ2) is 9.10. The van der Waals surface area contributed by atoms with Crippen LogP contribution in [0.2, 0.25) is 0 Å². The normalized spacial score (nSPS) is 11.9. The van der Waals surface area contributed by atoms with E-state index in [1.165, 1.54) is 24.3 Å². The number of nitrogens with zero attached hydrogens (tertiary/aromatic N) is 1. The highest BCUT2D eigenvalue weighted by molar-refractivity contribution is 5.94. The van der Waals surface area contributed by atoms with Crippen LogP contribution in [0.5, 0.6) is 0 Å². The summed E-state index contributed by atoms with van der Waals surface area (Å²) in [6.07, 6.45) is 0. The molecular weight excluding hydrogens is 333 g/mol. The van der Waals surface area contributed by atoms with Gasteiger partial charge in [0.1, 0.15) is 11.9 Å². The van der Waals surface area contributed by atoms with Crippen LogP contribution in [-0.4, -0.2) is 43.9 Å². The summed E-state index contributed by atoms with van der Waals surface area (Å²) in [5, 5.41) is 5.54. The maximum Gasteiger partial charge on any atom is 0.251 e. The van der Waals surface area contributed by atoms with Gasteiger partial charge in [-0.3, -0.25) is 14.5 Å². The first-order valence-corrected chi connectivity index (χ1v) is 8.43. The Balaban J connectivity index is 1.86. The minimum atomic E-state index is -0.400. The molecular formula is C20H24FN3O2. The third-order valence-corrected chi connectivity index (χ3v) is 3.94. The lowest BCUT2D eigenvalue weighted by Gasteiger charge is -2.24. The van der Waals surface area contributed by atoms with E-state index in [4.69, 9.17) is 0 Å². The van der Waals surface area contributed by atoms with E-state index in [9.17, 15) is 14.0 Å². The average Bonchev–Trinajstić information content (AvgIpc) is 2.59. The standard InChI is InChI=1S/C20H24FN3O2/c1-14-5-4-6-16(13-14)18(24(2)3)20(26)23-12-11-22-19(25)15-7-9-17(21)10-8-15/h4-10,13,18H,11-12H2,1-3H3,(H,22,25)(H,23,26)/t18-/m0/s1. The van der Waals surface area contributed by atoms with E-state index in [2.05, 4.69) is 10.6 Å². The van der Waals surface area contributed by atoms with Gasteiger partial charge >= 0.3 is 0 Å². The van der Waals surface area contributed by atoms with Gasteiger partial charge in [-0.25, -0.2) is 4.39 Å². The quantitative estimate of drug-likeness (QED) is 0.748. The van der Waals surface area contributed by atoms with E-state index in [0.717, 1.165) is 11.1 Å². The van der Waals surface area contributed by atoms with Gasteiger partial charge in [-0.1, -0.05) is 29.8 Å². The fourth-order valence-electron chi connectivity index (χ4n) is 2.69. The number of amides is 2. The van der Waals surface area contributed by atoms with Crippen molar-refractivity contribution < 1.29 is 14.0 Å². The molecule has 138 valence electrons. The number of hydrogen-bond acceptors (Lipinski definition) is 3. The topological polar surface area (TPSA) is 61.4 Å². The van der Waals surface area contributed by atoms with Crippen molar-refractivity contribution >= 4 is 11.8 Å². The predicted octanol–water partition coefficient (Wildman–Crippen LogP) is 2.28. The molecule has 0 saturated carbocycles. The predicted molar refractivity (Wildman–Crippen MR) is 99.3 cm³/mol. The Bertz CT molecular complexity index is 760. The van der Waals surface area contributed by atoms with Gasteiger partial charge in [-0.15, -0.1) is 0 Å². The van der Waals surface area contributed by atoms with E-state index >= 15 is 0 Å². The Kier molecular flexibility index (Phi) is 6.86. The molecule has 0 aromatic heterocycles. The average molecular weight is 357 g/mol. The summed E-state index contributed by atoms with van der Waals surface area (Å²) in [7, 11) is 3.70. The lowest BCUT2D eigenvalue weighted by molar-refractivity contribution is -0.125. The number of likely N-dealkylation sites (N-methyl/N-ethyl adjacent to an activating group) is 1. The highest BCUT2D eigenvalue weighted by atomic mass is 19.1. The van der Waals surface area contributed by atoms with Crippen LogP contribution in [0.4, 0.5) is 4.39 Å². The first-order valence-electron chi connectivity index (χ1n) is 8.43. The highest BCUT2D eigenvalue weighted by Gasteiger charge is 2.22. The summed E-state index contributed by atoms with van der Waals surface area (Å²) < 4.78 is 12.9. The Morgan fingerprint density at radius 1 is 1.04 bits per heavy atom. The van der Waals surface area contributed by atoms with Gasteiger partial charge in [0.05, 0.1) is 0 Å². The zero-order valence-electron chi connectivity index (χ0n) is 15.3. The van der Waals surface area contributed by atoms with Gasteiger partial charge in [0.2, 0.25) is 5.91 Å². The molecule has 5 nitrogen and oxygen atoms in total. The van der Waals surface area contributed by atoms with Gasteiger partial charge in [-0.05, 0) is 50.8 Å². The zero-order chi connectivity index (χ0) is 19.1. The molecule has 26 heavy (non-hydrogen) atoms. The van der Waals surface area contributed by atoms with E-state index in [1.807, 2.05) is 50.2 Å². The summed E-state index contributed by atoms with van der Waals surface area (Å²) in [6, 6.07) is 12.7. The summed E-state index contributed by atoms with van der Waals surface area (Å²) in [5.74, 6) is -0.821. The molecule has 0 heterocycles. The molecule has 2 aromatic carbocycles. The number of nitrogens with one attached hydrogen (secondary N) is 2. The Morgan fingerprint density at radius 3 is 2.31 bits per heavy atom. The van der Waals surface area contributed by atoms with Crippen LogP contribution in [0.1, 0.15) is 27.5 Å². The van der Waals surface area contributed by atoms with Crippen LogP contribution in [0.3, 0.4) is 0 Å². The largest absolute Gasteiger partial charge is 0.353 e. The number of benzene rings is 2. The second-order valence-corrected chi connectivity index (χ2v) is 6.33. The maximum atomic E-state index is 12.9. The molecule has 0 spiro atoms. The molecule has 0 saturated heterocycles. The molecule has 2 N–H and O–H groups in total. The van der Waals surface area contributed by atoms with Crippen molar-refractivity contribution in [2.45, 2.75) is 13.0 Å². The van der Waals surface area contributed by atoms with Crippen LogP contribution in [0, 0.1) is 12.7 Å². The third-order valence-electron chi connectivity index (χ3n) is 3.94.